The Morgan fingerprint density at radius 3 is 2.20 bits per heavy atom. The van der Waals surface area contributed by atoms with Gasteiger partial charge in [0.2, 0.25) is 0 Å². The zero-order chi connectivity index (χ0) is 11.5. The highest BCUT2D eigenvalue weighted by molar-refractivity contribution is 5.01. The van der Waals surface area contributed by atoms with Crippen LogP contribution in [0.2, 0.25) is 0 Å². The predicted molar refractivity (Wildman–Crippen MR) is 63.4 cm³/mol. The molecule has 0 aromatic carbocycles. The number of hydrogen-bond donors (Lipinski definition) is 2. The van der Waals surface area contributed by atoms with Crippen LogP contribution in [-0.2, 0) is 4.74 Å². The molecule has 1 rings (SSSR count). The lowest BCUT2D eigenvalue weighted by Gasteiger charge is -2.44. The van der Waals surface area contributed by atoms with Crippen LogP contribution in [0.15, 0.2) is 0 Å². The monoisotopic (exact) mass is 214 g/mol. The van der Waals surface area contributed by atoms with Gasteiger partial charge in [-0.1, -0.05) is 33.6 Å². The number of hydrazine groups is 1. The van der Waals surface area contributed by atoms with Crippen molar-refractivity contribution in [3.05, 3.63) is 0 Å². The molecule has 0 radical (unpaired) electrons. The van der Waals surface area contributed by atoms with Crippen molar-refractivity contribution < 1.29 is 4.74 Å². The van der Waals surface area contributed by atoms with Crippen LogP contribution in [0.3, 0.4) is 0 Å². The summed E-state index contributed by atoms with van der Waals surface area (Å²) in [5.74, 6) is 5.72. The quantitative estimate of drug-likeness (QED) is 0.557. The standard InChI is InChI=1S/C12H26N2O/c1-5-15-12(8-6-7-9-12)10(14-13)11(2,3)4/h10,14H,5-9,13H2,1-4H3. The third-order valence-corrected chi connectivity index (χ3v) is 3.44. The predicted octanol–water partition coefficient (Wildman–Crippen LogP) is 2.21. The highest BCUT2D eigenvalue weighted by Crippen LogP contribution is 2.41. The Bertz CT molecular complexity index is 192. The van der Waals surface area contributed by atoms with Gasteiger partial charge in [-0.05, 0) is 25.2 Å². The molecule has 0 aromatic heterocycles. The summed E-state index contributed by atoms with van der Waals surface area (Å²) in [4.78, 5) is 0. The Balaban J connectivity index is 2.85. The molecule has 1 aliphatic rings. The summed E-state index contributed by atoms with van der Waals surface area (Å²) in [6, 6.07) is 0.229. The first-order chi connectivity index (χ1) is 6.96. The van der Waals surface area contributed by atoms with Gasteiger partial charge in [0.1, 0.15) is 0 Å². The average molecular weight is 214 g/mol. The first kappa shape index (κ1) is 12.9. The Hall–Kier alpha value is -0.120. The molecule has 3 heteroatoms. The van der Waals surface area contributed by atoms with E-state index in [-0.39, 0.29) is 17.1 Å². The molecule has 0 saturated heterocycles. The summed E-state index contributed by atoms with van der Waals surface area (Å²) in [6.45, 7) is 9.49. The molecule has 0 spiro atoms. The van der Waals surface area contributed by atoms with E-state index in [2.05, 4.69) is 33.1 Å². The molecule has 0 amide bonds. The molecule has 0 bridgehead atoms. The highest BCUT2D eigenvalue weighted by Gasteiger charge is 2.46. The Morgan fingerprint density at radius 1 is 1.33 bits per heavy atom. The fourth-order valence-corrected chi connectivity index (χ4v) is 2.97. The van der Waals surface area contributed by atoms with E-state index >= 15 is 0 Å². The lowest BCUT2D eigenvalue weighted by atomic mass is 9.75. The van der Waals surface area contributed by atoms with Crippen molar-refractivity contribution in [2.45, 2.75) is 65.0 Å². The third kappa shape index (κ3) is 2.71. The first-order valence-electron chi connectivity index (χ1n) is 6.06. The van der Waals surface area contributed by atoms with E-state index in [9.17, 15) is 0 Å². The van der Waals surface area contributed by atoms with Gasteiger partial charge in [-0.2, -0.15) is 0 Å². The SMILES string of the molecule is CCOC1(C(NN)C(C)(C)C)CCCC1. The van der Waals surface area contributed by atoms with E-state index in [1.165, 1.54) is 12.8 Å². The zero-order valence-corrected chi connectivity index (χ0v) is 10.6. The van der Waals surface area contributed by atoms with Crippen LogP contribution in [0.1, 0.15) is 53.4 Å². The van der Waals surface area contributed by atoms with Gasteiger partial charge in [0.15, 0.2) is 0 Å². The van der Waals surface area contributed by atoms with Crippen LogP contribution in [0.4, 0.5) is 0 Å². The molecule has 1 unspecified atom stereocenters. The minimum atomic E-state index is -0.0399. The molecule has 1 fully saturated rings. The molecule has 15 heavy (non-hydrogen) atoms. The van der Waals surface area contributed by atoms with Crippen LogP contribution in [0.25, 0.3) is 0 Å². The summed E-state index contributed by atoms with van der Waals surface area (Å²) in [6.07, 6.45) is 4.78. The van der Waals surface area contributed by atoms with E-state index in [0.29, 0.717) is 0 Å². The van der Waals surface area contributed by atoms with Crippen LogP contribution < -0.4 is 11.3 Å². The van der Waals surface area contributed by atoms with E-state index in [0.717, 1.165) is 19.4 Å². The maximum absolute atomic E-state index is 6.03. The summed E-state index contributed by atoms with van der Waals surface area (Å²) < 4.78 is 6.03. The Labute approximate surface area is 93.7 Å². The Morgan fingerprint density at radius 2 is 1.87 bits per heavy atom. The number of nitrogens with one attached hydrogen (secondary N) is 1. The van der Waals surface area contributed by atoms with E-state index < -0.39 is 0 Å². The second-order valence-corrected chi connectivity index (χ2v) is 5.67. The molecule has 1 atom stereocenters. The maximum Gasteiger partial charge on any atom is 0.0853 e. The highest BCUT2D eigenvalue weighted by atomic mass is 16.5. The molecular weight excluding hydrogens is 188 g/mol. The lowest BCUT2D eigenvalue weighted by Crippen LogP contribution is -2.59. The van der Waals surface area contributed by atoms with Gasteiger partial charge in [-0.25, -0.2) is 0 Å². The van der Waals surface area contributed by atoms with E-state index in [4.69, 9.17) is 10.6 Å². The van der Waals surface area contributed by atoms with Gasteiger partial charge in [0.25, 0.3) is 0 Å². The number of nitrogens with two attached hydrogens (primary N) is 1. The zero-order valence-electron chi connectivity index (χ0n) is 10.6. The lowest BCUT2D eigenvalue weighted by molar-refractivity contribution is -0.0868. The number of rotatable bonds is 4. The second kappa shape index (κ2) is 4.81. The number of ether oxygens (including phenoxy) is 1. The summed E-state index contributed by atoms with van der Waals surface area (Å²) in [5, 5.41) is 0. The van der Waals surface area contributed by atoms with Gasteiger partial charge in [-0.15, -0.1) is 0 Å². The van der Waals surface area contributed by atoms with Gasteiger partial charge in [0, 0.05) is 6.61 Å². The van der Waals surface area contributed by atoms with E-state index in [1.54, 1.807) is 0 Å². The van der Waals surface area contributed by atoms with Crippen molar-refractivity contribution in [2.24, 2.45) is 11.3 Å². The topological polar surface area (TPSA) is 47.3 Å². The molecule has 1 aliphatic carbocycles. The molecule has 3 nitrogen and oxygen atoms in total. The number of hydrogen-bond acceptors (Lipinski definition) is 3. The summed E-state index contributed by atoms with van der Waals surface area (Å²) in [5.41, 5.74) is 3.08. The molecule has 0 aliphatic heterocycles. The van der Waals surface area contributed by atoms with Crippen LogP contribution in [-0.4, -0.2) is 18.2 Å². The molecule has 3 N–H and O–H groups in total. The normalized spacial score (nSPS) is 23.0. The molecule has 90 valence electrons. The minimum Gasteiger partial charge on any atom is -0.374 e. The second-order valence-electron chi connectivity index (χ2n) is 5.67. The third-order valence-electron chi connectivity index (χ3n) is 3.44. The molecule has 0 heterocycles. The van der Waals surface area contributed by atoms with Crippen LogP contribution in [0.5, 0.6) is 0 Å². The largest absolute Gasteiger partial charge is 0.374 e. The smallest absolute Gasteiger partial charge is 0.0853 e. The van der Waals surface area contributed by atoms with Crippen LogP contribution >= 0.6 is 0 Å². The minimum absolute atomic E-state index is 0.0399. The Kier molecular flexibility index (Phi) is 4.15. The summed E-state index contributed by atoms with van der Waals surface area (Å²) >= 11 is 0. The molecule has 0 aromatic rings. The van der Waals surface area contributed by atoms with E-state index in [1.807, 2.05) is 0 Å². The van der Waals surface area contributed by atoms with Crippen molar-refractivity contribution in [1.82, 2.24) is 5.43 Å². The van der Waals surface area contributed by atoms with Crippen molar-refractivity contribution in [3.63, 3.8) is 0 Å². The van der Waals surface area contributed by atoms with Crippen molar-refractivity contribution in [3.8, 4) is 0 Å². The summed E-state index contributed by atoms with van der Waals surface area (Å²) in [7, 11) is 0. The maximum atomic E-state index is 6.03. The molecular formula is C12H26N2O. The van der Waals surface area contributed by atoms with Gasteiger partial charge >= 0.3 is 0 Å². The average Bonchev–Trinajstić information content (AvgIpc) is 2.53. The van der Waals surface area contributed by atoms with Crippen LogP contribution in [0, 0.1) is 5.41 Å². The fourth-order valence-electron chi connectivity index (χ4n) is 2.97. The van der Waals surface area contributed by atoms with Crippen molar-refractivity contribution in [2.75, 3.05) is 6.61 Å². The fraction of sp³-hybridized carbons (Fsp3) is 1.00. The molecule has 1 saturated carbocycles. The van der Waals surface area contributed by atoms with Gasteiger partial charge in [0.05, 0.1) is 11.6 Å². The van der Waals surface area contributed by atoms with Gasteiger partial charge in [-0.3, -0.25) is 11.3 Å². The van der Waals surface area contributed by atoms with Gasteiger partial charge < -0.3 is 4.74 Å². The van der Waals surface area contributed by atoms with Crippen molar-refractivity contribution >= 4 is 0 Å². The first-order valence-corrected chi connectivity index (χ1v) is 6.06. The van der Waals surface area contributed by atoms with Crippen molar-refractivity contribution in [1.29, 1.82) is 0 Å².